The van der Waals surface area contributed by atoms with Crippen molar-refractivity contribution in [1.82, 2.24) is 10.6 Å². The molecule has 1 amide bonds. The molecule has 0 radical (unpaired) electrons. The first-order chi connectivity index (χ1) is 8.97. The Balaban J connectivity index is 2.78. The summed E-state index contributed by atoms with van der Waals surface area (Å²) in [6, 6.07) is 5.45. The zero-order valence-corrected chi connectivity index (χ0v) is 13.5. The van der Waals surface area contributed by atoms with Crippen LogP contribution in [0.25, 0.3) is 0 Å². The predicted molar refractivity (Wildman–Crippen MR) is 83.6 cm³/mol. The van der Waals surface area contributed by atoms with Crippen LogP contribution in [0.4, 0.5) is 0 Å². The first kappa shape index (κ1) is 15.9. The molecular formula is C13H17BrN2O2S. The van der Waals surface area contributed by atoms with Crippen LogP contribution in [-0.4, -0.2) is 24.2 Å². The highest BCUT2D eigenvalue weighted by molar-refractivity contribution is 9.10. The first-order valence-electron chi connectivity index (χ1n) is 5.93. The third-order valence-corrected chi connectivity index (χ3v) is 3.34. The van der Waals surface area contributed by atoms with Crippen LogP contribution in [0.2, 0.25) is 0 Å². The molecule has 1 unspecified atom stereocenters. The number of ether oxygens (including phenoxy) is 1. The summed E-state index contributed by atoms with van der Waals surface area (Å²) in [5.41, 5.74) is 0.435. The highest BCUT2D eigenvalue weighted by Crippen LogP contribution is 2.22. The molecule has 0 spiro atoms. The highest BCUT2D eigenvalue weighted by Gasteiger charge is 2.14. The van der Waals surface area contributed by atoms with E-state index in [1.165, 1.54) is 7.11 Å². The van der Waals surface area contributed by atoms with Gasteiger partial charge in [0.15, 0.2) is 5.11 Å². The van der Waals surface area contributed by atoms with E-state index >= 15 is 0 Å². The summed E-state index contributed by atoms with van der Waals surface area (Å²) in [5.74, 6) is 0.214. The van der Waals surface area contributed by atoms with Gasteiger partial charge in [-0.2, -0.15) is 0 Å². The summed E-state index contributed by atoms with van der Waals surface area (Å²) >= 11 is 8.42. The average Bonchev–Trinajstić information content (AvgIpc) is 2.38. The Bertz CT molecular complexity index is 480. The highest BCUT2D eigenvalue weighted by atomic mass is 79.9. The van der Waals surface area contributed by atoms with E-state index in [4.69, 9.17) is 17.0 Å². The summed E-state index contributed by atoms with van der Waals surface area (Å²) in [6.07, 6.45) is 0.927. The maximum Gasteiger partial charge on any atom is 0.261 e. The van der Waals surface area contributed by atoms with Crippen LogP contribution in [-0.2, 0) is 0 Å². The van der Waals surface area contributed by atoms with Gasteiger partial charge in [0.2, 0.25) is 0 Å². The minimum Gasteiger partial charge on any atom is -0.496 e. The molecule has 0 aromatic heterocycles. The zero-order chi connectivity index (χ0) is 14.4. The SMILES string of the molecule is CCC(C)NC(=S)NC(=O)c1cc(Br)ccc1OC. The number of amides is 1. The van der Waals surface area contributed by atoms with Crippen molar-refractivity contribution in [3.63, 3.8) is 0 Å². The van der Waals surface area contributed by atoms with Gasteiger partial charge in [-0.3, -0.25) is 10.1 Å². The summed E-state index contributed by atoms with van der Waals surface area (Å²) < 4.78 is 5.96. The predicted octanol–water partition coefficient (Wildman–Crippen LogP) is 2.86. The lowest BCUT2D eigenvalue weighted by molar-refractivity contribution is 0.0973. The second-order valence-electron chi connectivity index (χ2n) is 4.08. The van der Waals surface area contributed by atoms with Crippen LogP contribution < -0.4 is 15.4 Å². The van der Waals surface area contributed by atoms with Crippen molar-refractivity contribution in [2.75, 3.05) is 7.11 Å². The summed E-state index contributed by atoms with van der Waals surface area (Å²) in [6.45, 7) is 4.04. The second kappa shape index (κ2) is 7.45. The largest absolute Gasteiger partial charge is 0.496 e. The minimum atomic E-state index is -0.293. The molecule has 6 heteroatoms. The lowest BCUT2D eigenvalue weighted by Gasteiger charge is -2.15. The number of hydrogen-bond acceptors (Lipinski definition) is 3. The molecule has 0 fully saturated rings. The van der Waals surface area contributed by atoms with Gasteiger partial charge in [0, 0.05) is 10.5 Å². The number of hydrogen-bond donors (Lipinski definition) is 2. The van der Waals surface area contributed by atoms with Gasteiger partial charge in [0.05, 0.1) is 12.7 Å². The van der Waals surface area contributed by atoms with Gasteiger partial charge in [-0.25, -0.2) is 0 Å². The van der Waals surface area contributed by atoms with Crippen molar-refractivity contribution in [3.05, 3.63) is 28.2 Å². The molecule has 1 atom stereocenters. The number of carbonyl (C=O) groups excluding carboxylic acids is 1. The lowest BCUT2D eigenvalue weighted by atomic mass is 10.2. The van der Waals surface area contributed by atoms with Gasteiger partial charge in [0.25, 0.3) is 5.91 Å². The Morgan fingerprint density at radius 2 is 2.21 bits per heavy atom. The molecule has 1 aromatic rings. The van der Waals surface area contributed by atoms with E-state index in [0.29, 0.717) is 16.4 Å². The maximum absolute atomic E-state index is 12.1. The van der Waals surface area contributed by atoms with E-state index in [2.05, 4.69) is 26.6 Å². The van der Waals surface area contributed by atoms with E-state index in [1.807, 2.05) is 19.9 Å². The summed E-state index contributed by atoms with van der Waals surface area (Å²) in [7, 11) is 1.52. The van der Waals surface area contributed by atoms with Crippen LogP contribution in [0.5, 0.6) is 5.75 Å². The molecule has 0 saturated heterocycles. The van der Waals surface area contributed by atoms with E-state index in [1.54, 1.807) is 12.1 Å². The number of rotatable bonds is 4. The fraction of sp³-hybridized carbons (Fsp3) is 0.385. The quantitative estimate of drug-likeness (QED) is 0.824. The maximum atomic E-state index is 12.1. The number of carbonyl (C=O) groups is 1. The first-order valence-corrected chi connectivity index (χ1v) is 7.13. The molecule has 1 rings (SSSR count). The summed E-state index contributed by atoms with van der Waals surface area (Å²) in [5, 5.41) is 5.99. The Kier molecular flexibility index (Phi) is 6.24. The van der Waals surface area contributed by atoms with Crippen molar-refractivity contribution in [2.24, 2.45) is 0 Å². The molecule has 0 aliphatic heterocycles. The molecule has 104 valence electrons. The van der Waals surface area contributed by atoms with Crippen LogP contribution >= 0.6 is 28.1 Å². The molecule has 0 bridgehead atoms. The van der Waals surface area contributed by atoms with E-state index in [0.717, 1.165) is 10.9 Å². The fourth-order valence-electron chi connectivity index (χ4n) is 1.39. The molecule has 2 N–H and O–H groups in total. The fourth-order valence-corrected chi connectivity index (χ4v) is 2.05. The lowest BCUT2D eigenvalue weighted by Crippen LogP contribution is -2.43. The third-order valence-electron chi connectivity index (χ3n) is 2.62. The van der Waals surface area contributed by atoms with Crippen molar-refractivity contribution in [1.29, 1.82) is 0 Å². The molecule has 0 saturated carbocycles. The average molecular weight is 345 g/mol. The zero-order valence-electron chi connectivity index (χ0n) is 11.1. The molecular weight excluding hydrogens is 328 g/mol. The smallest absolute Gasteiger partial charge is 0.261 e. The standard InChI is InChI=1S/C13H17BrN2O2S/c1-4-8(2)15-13(19)16-12(17)10-7-9(14)5-6-11(10)18-3/h5-8H,4H2,1-3H3,(H2,15,16,17,19). The van der Waals surface area contributed by atoms with Crippen LogP contribution in [0.3, 0.4) is 0 Å². The Morgan fingerprint density at radius 3 is 2.79 bits per heavy atom. The molecule has 4 nitrogen and oxygen atoms in total. The minimum absolute atomic E-state index is 0.220. The number of benzene rings is 1. The third kappa shape index (κ3) is 4.80. The van der Waals surface area contributed by atoms with Gasteiger partial charge in [0.1, 0.15) is 5.75 Å². The van der Waals surface area contributed by atoms with E-state index < -0.39 is 0 Å². The van der Waals surface area contributed by atoms with Crippen molar-refractivity contribution in [3.8, 4) is 5.75 Å². The number of thiocarbonyl (C=S) groups is 1. The van der Waals surface area contributed by atoms with Crippen LogP contribution in [0.15, 0.2) is 22.7 Å². The van der Waals surface area contributed by atoms with E-state index in [-0.39, 0.29) is 11.9 Å². The Hall–Kier alpha value is -1.14. The van der Waals surface area contributed by atoms with Gasteiger partial charge in [-0.05, 0) is 43.8 Å². The van der Waals surface area contributed by atoms with Gasteiger partial charge in [-0.15, -0.1) is 0 Å². The van der Waals surface area contributed by atoms with Crippen molar-refractivity contribution in [2.45, 2.75) is 26.3 Å². The normalized spacial score (nSPS) is 11.6. The van der Waals surface area contributed by atoms with Gasteiger partial charge < -0.3 is 10.1 Å². The Labute approximate surface area is 127 Å². The number of methoxy groups -OCH3 is 1. The molecule has 1 aromatic carbocycles. The van der Waals surface area contributed by atoms with Crippen LogP contribution in [0.1, 0.15) is 30.6 Å². The van der Waals surface area contributed by atoms with Gasteiger partial charge in [-0.1, -0.05) is 22.9 Å². The Morgan fingerprint density at radius 1 is 1.53 bits per heavy atom. The second-order valence-corrected chi connectivity index (χ2v) is 5.41. The van der Waals surface area contributed by atoms with E-state index in [9.17, 15) is 4.79 Å². The molecule has 0 heterocycles. The number of nitrogens with one attached hydrogen (secondary N) is 2. The summed E-state index contributed by atoms with van der Waals surface area (Å²) in [4.78, 5) is 12.1. The molecule has 0 aliphatic carbocycles. The topological polar surface area (TPSA) is 50.4 Å². The monoisotopic (exact) mass is 344 g/mol. The van der Waals surface area contributed by atoms with Crippen molar-refractivity contribution < 1.29 is 9.53 Å². The van der Waals surface area contributed by atoms with Crippen molar-refractivity contribution >= 4 is 39.2 Å². The van der Waals surface area contributed by atoms with Crippen LogP contribution in [0, 0.1) is 0 Å². The molecule has 0 aliphatic rings. The number of halogens is 1. The van der Waals surface area contributed by atoms with Gasteiger partial charge >= 0.3 is 0 Å². The molecule has 19 heavy (non-hydrogen) atoms.